The van der Waals surface area contributed by atoms with Crippen molar-refractivity contribution in [3.63, 3.8) is 0 Å². The Morgan fingerprint density at radius 2 is 1.95 bits per heavy atom. The van der Waals surface area contributed by atoms with Gasteiger partial charge in [-0.2, -0.15) is 5.10 Å². The van der Waals surface area contributed by atoms with Crippen LogP contribution in [-0.2, 0) is 0 Å². The summed E-state index contributed by atoms with van der Waals surface area (Å²) < 4.78 is 12.8. The van der Waals surface area contributed by atoms with Crippen molar-refractivity contribution in [1.82, 2.24) is 10.2 Å². The maximum absolute atomic E-state index is 5.95. The predicted octanol–water partition coefficient (Wildman–Crippen LogP) is 3.07. The fourth-order valence-corrected chi connectivity index (χ4v) is 3.00. The van der Waals surface area contributed by atoms with Gasteiger partial charge in [-0.3, -0.25) is 5.10 Å². The van der Waals surface area contributed by atoms with E-state index in [0.29, 0.717) is 5.82 Å². The number of benzene rings is 1. The number of fused-ring (bicyclic) bond motifs is 1. The van der Waals surface area contributed by atoms with E-state index in [9.17, 15) is 0 Å². The number of nitrogens with one attached hydrogen (secondary N) is 1. The predicted molar refractivity (Wildman–Crippen MR) is 74.0 cm³/mol. The van der Waals surface area contributed by atoms with E-state index < -0.39 is 5.79 Å². The van der Waals surface area contributed by atoms with Gasteiger partial charge in [-0.05, 0) is 34.5 Å². The Morgan fingerprint density at radius 1 is 1.21 bits per heavy atom. The van der Waals surface area contributed by atoms with Gasteiger partial charge in [0.2, 0.25) is 0 Å². The largest absolute Gasteiger partial charge is 0.448 e. The molecule has 19 heavy (non-hydrogen) atoms. The monoisotopic (exact) mass is 321 g/mol. The number of aromatic amines is 1. The quantitative estimate of drug-likeness (QED) is 0.846. The zero-order valence-corrected chi connectivity index (χ0v) is 11.7. The molecular weight excluding hydrogens is 310 g/mol. The Kier molecular flexibility index (Phi) is 2.15. The molecule has 98 valence electrons. The molecule has 0 atom stereocenters. The fourth-order valence-electron chi connectivity index (χ4n) is 2.47. The lowest BCUT2D eigenvalue weighted by Crippen LogP contribution is -2.45. The molecule has 0 bridgehead atoms. The summed E-state index contributed by atoms with van der Waals surface area (Å²) in [5, 5.41) is 6.84. The number of ether oxygens (including phenoxy) is 2. The van der Waals surface area contributed by atoms with Gasteiger partial charge in [-0.1, -0.05) is 0 Å². The first-order valence-corrected chi connectivity index (χ1v) is 6.97. The molecule has 1 aromatic carbocycles. The Balaban J connectivity index is 1.77. The number of nitrogen functional groups attached to an aromatic ring is 1. The van der Waals surface area contributed by atoms with Gasteiger partial charge in [0.25, 0.3) is 5.79 Å². The van der Waals surface area contributed by atoms with E-state index in [0.717, 1.165) is 46.5 Å². The summed E-state index contributed by atoms with van der Waals surface area (Å²) in [5.41, 5.74) is 7.45. The van der Waals surface area contributed by atoms with Gasteiger partial charge in [0.15, 0.2) is 11.5 Å². The molecule has 0 radical (unpaired) electrons. The highest BCUT2D eigenvalue weighted by Gasteiger charge is 2.47. The van der Waals surface area contributed by atoms with Crippen LogP contribution in [0.5, 0.6) is 11.5 Å². The highest BCUT2D eigenvalue weighted by Crippen LogP contribution is 2.50. The average Bonchev–Trinajstić information content (AvgIpc) is 2.90. The Bertz CT molecular complexity index is 664. The molecule has 1 aromatic heterocycles. The molecule has 2 aliphatic rings. The van der Waals surface area contributed by atoms with E-state index in [-0.39, 0.29) is 0 Å². The van der Waals surface area contributed by atoms with Crippen molar-refractivity contribution < 1.29 is 9.47 Å². The van der Waals surface area contributed by atoms with Crippen molar-refractivity contribution in [2.75, 3.05) is 5.73 Å². The van der Waals surface area contributed by atoms with Gasteiger partial charge in [-0.15, -0.1) is 0 Å². The third-order valence-electron chi connectivity index (χ3n) is 3.63. The average molecular weight is 322 g/mol. The van der Waals surface area contributed by atoms with E-state index in [1.807, 2.05) is 12.1 Å². The Hall–Kier alpha value is -1.69. The van der Waals surface area contributed by atoms with Crippen LogP contribution in [0.3, 0.4) is 0 Å². The second-order valence-corrected chi connectivity index (χ2v) is 5.81. The molecule has 1 fully saturated rings. The van der Waals surface area contributed by atoms with Gasteiger partial charge in [0.1, 0.15) is 5.82 Å². The summed E-state index contributed by atoms with van der Waals surface area (Å²) in [4.78, 5) is 0. The molecule has 1 spiro atoms. The van der Waals surface area contributed by atoms with Gasteiger partial charge in [0.05, 0.1) is 5.69 Å². The number of nitrogens with two attached hydrogens (primary N) is 1. The third-order valence-corrected chi connectivity index (χ3v) is 4.28. The van der Waals surface area contributed by atoms with Gasteiger partial charge >= 0.3 is 0 Å². The van der Waals surface area contributed by atoms with Crippen molar-refractivity contribution in [3.8, 4) is 22.8 Å². The van der Waals surface area contributed by atoms with Crippen LogP contribution in [-0.4, -0.2) is 16.0 Å². The molecule has 0 unspecified atom stereocenters. The fraction of sp³-hybridized carbons (Fsp3) is 0.308. The smallest absolute Gasteiger partial charge is 0.251 e. The molecule has 1 aliphatic heterocycles. The third kappa shape index (κ3) is 1.63. The molecule has 2 heterocycles. The summed E-state index contributed by atoms with van der Waals surface area (Å²) in [6.07, 6.45) is 3.05. The SMILES string of the molecule is Nc1cc(-c2cc3c(cc2Br)OC2(CCC2)O3)[nH]n1. The first-order valence-electron chi connectivity index (χ1n) is 6.18. The van der Waals surface area contributed by atoms with Crippen molar-refractivity contribution in [3.05, 3.63) is 22.7 Å². The van der Waals surface area contributed by atoms with E-state index >= 15 is 0 Å². The molecule has 4 rings (SSSR count). The van der Waals surface area contributed by atoms with Crippen LogP contribution in [0, 0.1) is 0 Å². The molecule has 1 aliphatic carbocycles. The first-order chi connectivity index (χ1) is 9.15. The van der Waals surface area contributed by atoms with E-state index in [4.69, 9.17) is 15.2 Å². The lowest BCUT2D eigenvalue weighted by Gasteiger charge is -2.35. The van der Waals surface area contributed by atoms with Crippen molar-refractivity contribution >= 4 is 21.7 Å². The number of rotatable bonds is 1. The standard InChI is InChI=1S/C13H12BrN3O2/c14-8-5-11-10(18-13(19-11)2-1-3-13)4-7(8)9-6-12(15)17-16-9/h4-6H,1-3H2,(H3,15,16,17). The maximum Gasteiger partial charge on any atom is 0.251 e. The van der Waals surface area contributed by atoms with Crippen LogP contribution >= 0.6 is 15.9 Å². The van der Waals surface area contributed by atoms with Crippen LogP contribution in [0.2, 0.25) is 0 Å². The normalized spacial score (nSPS) is 18.6. The number of anilines is 1. The second kappa shape index (κ2) is 3.66. The molecule has 2 aromatic rings. The molecule has 3 N–H and O–H groups in total. The van der Waals surface area contributed by atoms with Gasteiger partial charge in [-0.25, -0.2) is 0 Å². The summed E-state index contributed by atoms with van der Waals surface area (Å²) in [5.74, 6) is 1.64. The molecule has 0 amide bonds. The van der Waals surface area contributed by atoms with E-state index in [1.165, 1.54) is 0 Å². The van der Waals surface area contributed by atoms with Crippen LogP contribution in [0.25, 0.3) is 11.3 Å². The zero-order valence-electron chi connectivity index (χ0n) is 10.1. The van der Waals surface area contributed by atoms with E-state index in [1.54, 1.807) is 6.07 Å². The van der Waals surface area contributed by atoms with Crippen LogP contribution in [0.15, 0.2) is 22.7 Å². The zero-order chi connectivity index (χ0) is 13.0. The summed E-state index contributed by atoms with van der Waals surface area (Å²) in [7, 11) is 0. The van der Waals surface area contributed by atoms with Gasteiger partial charge in [0, 0.05) is 28.9 Å². The Labute approximate surface area is 118 Å². The molecule has 5 nitrogen and oxygen atoms in total. The van der Waals surface area contributed by atoms with Crippen molar-refractivity contribution in [2.24, 2.45) is 0 Å². The lowest BCUT2D eigenvalue weighted by atomic mass is 9.91. The second-order valence-electron chi connectivity index (χ2n) is 4.95. The topological polar surface area (TPSA) is 73.2 Å². The summed E-state index contributed by atoms with van der Waals surface area (Å²) in [6.45, 7) is 0. The minimum Gasteiger partial charge on any atom is -0.448 e. The van der Waals surface area contributed by atoms with Crippen LogP contribution in [0.1, 0.15) is 19.3 Å². The number of hydrogen-bond donors (Lipinski definition) is 2. The highest BCUT2D eigenvalue weighted by atomic mass is 79.9. The number of nitrogens with zero attached hydrogens (tertiary/aromatic N) is 1. The molecular formula is C13H12BrN3O2. The van der Waals surface area contributed by atoms with Crippen LogP contribution in [0.4, 0.5) is 5.82 Å². The minimum absolute atomic E-state index is 0.409. The number of halogens is 1. The minimum atomic E-state index is -0.409. The number of H-pyrrole nitrogens is 1. The van der Waals surface area contributed by atoms with Gasteiger partial charge < -0.3 is 15.2 Å². The van der Waals surface area contributed by atoms with E-state index in [2.05, 4.69) is 26.1 Å². The maximum atomic E-state index is 5.95. The Morgan fingerprint density at radius 3 is 2.53 bits per heavy atom. The van der Waals surface area contributed by atoms with Crippen molar-refractivity contribution in [2.45, 2.75) is 25.0 Å². The summed E-state index contributed by atoms with van der Waals surface area (Å²) in [6, 6.07) is 5.69. The highest BCUT2D eigenvalue weighted by molar-refractivity contribution is 9.10. The molecule has 6 heteroatoms. The molecule has 1 saturated carbocycles. The lowest BCUT2D eigenvalue weighted by molar-refractivity contribution is -0.138. The van der Waals surface area contributed by atoms with Crippen molar-refractivity contribution in [1.29, 1.82) is 0 Å². The van der Waals surface area contributed by atoms with Crippen LogP contribution < -0.4 is 15.2 Å². The number of hydrogen-bond acceptors (Lipinski definition) is 4. The first kappa shape index (κ1) is 11.2. The summed E-state index contributed by atoms with van der Waals surface area (Å²) >= 11 is 3.55. The number of aromatic nitrogens is 2. The molecule has 0 saturated heterocycles.